The quantitative estimate of drug-likeness (QED) is 0.0119. The van der Waals surface area contributed by atoms with Gasteiger partial charge in [-0.2, -0.15) is 0 Å². The maximum absolute atomic E-state index is 13.3. The lowest BCUT2D eigenvalue weighted by Gasteiger charge is -2.45. The summed E-state index contributed by atoms with van der Waals surface area (Å²) in [6, 6.07) is 0. The molecule has 0 aromatic carbocycles. The van der Waals surface area contributed by atoms with E-state index in [0.29, 0.717) is 25.7 Å². The van der Waals surface area contributed by atoms with Crippen LogP contribution < -0.4 is 0 Å². The van der Waals surface area contributed by atoms with Crippen LogP contribution in [0.4, 0.5) is 0 Å². The molecule has 0 bridgehead atoms. The Morgan fingerprint density at radius 1 is 0.438 bits per heavy atom. The summed E-state index contributed by atoms with van der Waals surface area (Å²) in [5, 5.41) is 21.9. The molecule has 8 atom stereocenters. The van der Waals surface area contributed by atoms with E-state index in [1.165, 1.54) is 77.0 Å². The van der Waals surface area contributed by atoms with Gasteiger partial charge in [0, 0.05) is 12.8 Å². The molecule has 0 radical (unpaired) electrons. The number of ether oxygens (including phenoxy) is 2. The standard InChI is InChI=1S/C47H86O22P4/c1-3-5-7-9-11-13-15-17-19-20-22-24-26-28-30-32-34-36-41(49)65-39(37-63-40(48)35-33-31-29-27-25-23-21-18-16-14-12-10-8-6-4-2)38-64-73(61,62)69-44-42(50)45(66-70(52,53)54)47(68-72(58,59)60)46(43(44)51)67-71(55,56)57/h11,13,17,19,22,24,28,30,39,42-47,50-51H,3-10,12,14-16,18,20-21,23,25-27,29,31-38H2,1-2H3,(H,61,62)(H2,52,53,54)(H2,55,56,57)(H2,58,59,60)/b13-11-,19-17-,24-22-,30-28-/t39-,42-,43-,44?,45-,46+,47?/m0/s1. The number of hydrogen-bond acceptors (Lipinski definition) is 15. The van der Waals surface area contributed by atoms with E-state index in [1.54, 1.807) is 0 Å². The van der Waals surface area contributed by atoms with Gasteiger partial charge < -0.3 is 53.9 Å². The number of aliphatic hydroxyl groups is 2. The van der Waals surface area contributed by atoms with Crippen LogP contribution in [0.25, 0.3) is 0 Å². The zero-order chi connectivity index (χ0) is 54.6. The van der Waals surface area contributed by atoms with Crippen molar-refractivity contribution in [2.45, 2.75) is 224 Å². The van der Waals surface area contributed by atoms with Crippen molar-refractivity contribution in [3.05, 3.63) is 48.6 Å². The molecule has 22 nitrogen and oxygen atoms in total. The Hall–Kier alpha value is -1.74. The van der Waals surface area contributed by atoms with E-state index in [1.807, 2.05) is 24.3 Å². The summed E-state index contributed by atoms with van der Waals surface area (Å²) in [7, 11) is -23.0. The van der Waals surface area contributed by atoms with E-state index in [0.717, 1.165) is 51.4 Å². The monoisotopic (exact) mass is 1130 g/mol. The SMILES string of the molecule is CCCCC/C=C\C/C=C\C/C=C\C/C=C\CCCC(=O)O[C@@H](COC(=O)CCCCCCCCCCCCCCCCC)COP(=O)(O)OC1[C@H](O)[C@H](OP(=O)(O)O)C(OP(=O)(O)O)[C@H](OP(=O)(O)O)[C@H]1O. The molecule has 0 spiro atoms. The van der Waals surface area contributed by atoms with Gasteiger partial charge in [0.1, 0.15) is 43.2 Å². The van der Waals surface area contributed by atoms with Gasteiger partial charge in [-0.1, -0.05) is 165 Å². The highest BCUT2D eigenvalue weighted by Gasteiger charge is 2.59. The zero-order valence-electron chi connectivity index (χ0n) is 42.6. The van der Waals surface area contributed by atoms with Crippen molar-refractivity contribution in [2.24, 2.45) is 0 Å². The van der Waals surface area contributed by atoms with Crippen LogP contribution in [0.3, 0.4) is 0 Å². The molecule has 0 aliphatic heterocycles. The van der Waals surface area contributed by atoms with Crippen LogP contribution >= 0.6 is 31.3 Å². The molecule has 426 valence electrons. The molecular formula is C47H86O22P4. The summed E-state index contributed by atoms with van der Waals surface area (Å²) in [4.78, 5) is 93.0. The lowest BCUT2D eigenvalue weighted by atomic mass is 9.85. The molecule has 9 N–H and O–H groups in total. The number of hydrogen-bond donors (Lipinski definition) is 9. The highest BCUT2D eigenvalue weighted by Crippen LogP contribution is 2.53. The normalized spacial score (nSPS) is 21.4. The van der Waals surface area contributed by atoms with Gasteiger partial charge in [0.05, 0.1) is 6.61 Å². The van der Waals surface area contributed by atoms with Gasteiger partial charge in [-0.3, -0.25) is 32.2 Å². The van der Waals surface area contributed by atoms with Gasteiger partial charge in [0.25, 0.3) is 0 Å². The molecule has 0 aromatic heterocycles. The topological polar surface area (TPSA) is 349 Å². The van der Waals surface area contributed by atoms with Crippen LogP contribution in [0, 0.1) is 0 Å². The number of esters is 2. The maximum atomic E-state index is 13.3. The van der Waals surface area contributed by atoms with Crippen molar-refractivity contribution in [3.8, 4) is 0 Å². The van der Waals surface area contributed by atoms with Crippen LogP contribution in [-0.4, -0.2) is 112 Å². The summed E-state index contributed by atoms with van der Waals surface area (Å²) >= 11 is 0. The number of unbranched alkanes of at least 4 members (excludes halogenated alkanes) is 18. The Morgan fingerprint density at radius 2 is 0.808 bits per heavy atom. The number of phosphoric acid groups is 4. The van der Waals surface area contributed by atoms with E-state index in [2.05, 4.69) is 51.7 Å². The molecule has 73 heavy (non-hydrogen) atoms. The van der Waals surface area contributed by atoms with Crippen LogP contribution in [0.5, 0.6) is 0 Å². The zero-order valence-corrected chi connectivity index (χ0v) is 46.2. The summed E-state index contributed by atoms with van der Waals surface area (Å²) in [6.45, 7) is 2.70. The molecule has 0 saturated heterocycles. The van der Waals surface area contributed by atoms with Crippen molar-refractivity contribution in [1.29, 1.82) is 0 Å². The van der Waals surface area contributed by atoms with E-state index in [9.17, 15) is 72.3 Å². The molecule has 0 amide bonds. The van der Waals surface area contributed by atoms with Gasteiger partial charge in [-0.25, -0.2) is 18.3 Å². The Labute approximate surface area is 431 Å². The summed E-state index contributed by atoms with van der Waals surface area (Å²) in [6.07, 6.45) is 23.2. The number of carbonyl (C=O) groups is 2. The van der Waals surface area contributed by atoms with Gasteiger partial charge in [-0.15, -0.1) is 0 Å². The van der Waals surface area contributed by atoms with Gasteiger partial charge in [0.2, 0.25) is 0 Å². The lowest BCUT2D eigenvalue weighted by molar-refractivity contribution is -0.209. The van der Waals surface area contributed by atoms with Crippen molar-refractivity contribution >= 4 is 43.2 Å². The molecule has 26 heteroatoms. The first-order valence-corrected chi connectivity index (χ1v) is 31.8. The second-order valence-electron chi connectivity index (χ2n) is 18.0. The van der Waals surface area contributed by atoms with E-state index in [-0.39, 0.29) is 12.8 Å². The van der Waals surface area contributed by atoms with Gasteiger partial charge >= 0.3 is 43.2 Å². The van der Waals surface area contributed by atoms with Crippen molar-refractivity contribution < 1.29 is 104 Å². The predicted octanol–water partition coefficient (Wildman–Crippen LogP) is 9.52. The van der Waals surface area contributed by atoms with E-state index < -0.39 is 99.2 Å². The average molecular weight is 1130 g/mol. The molecular weight excluding hydrogens is 1040 g/mol. The highest BCUT2D eigenvalue weighted by atomic mass is 31.2. The molecule has 1 fully saturated rings. The molecule has 3 unspecified atom stereocenters. The smallest absolute Gasteiger partial charge is 0.462 e. The van der Waals surface area contributed by atoms with Crippen molar-refractivity contribution in [3.63, 3.8) is 0 Å². The molecule has 1 aliphatic rings. The minimum Gasteiger partial charge on any atom is -0.462 e. The first-order valence-electron chi connectivity index (χ1n) is 25.7. The third kappa shape index (κ3) is 37.6. The number of carbonyl (C=O) groups excluding carboxylic acids is 2. The third-order valence-corrected chi connectivity index (χ3v) is 13.9. The van der Waals surface area contributed by atoms with Crippen LogP contribution in [0.1, 0.15) is 181 Å². The summed E-state index contributed by atoms with van der Waals surface area (Å²) < 4.78 is 82.2. The van der Waals surface area contributed by atoms with E-state index in [4.69, 9.17) is 18.5 Å². The molecule has 1 rings (SSSR count). The number of allylic oxidation sites excluding steroid dienone is 8. The molecule has 0 heterocycles. The van der Waals surface area contributed by atoms with Gasteiger partial charge in [-0.05, 0) is 51.4 Å². The van der Waals surface area contributed by atoms with Crippen LogP contribution in [-0.2, 0) is 59.9 Å². The lowest BCUT2D eigenvalue weighted by Crippen LogP contribution is -2.65. The molecule has 1 aliphatic carbocycles. The highest BCUT2D eigenvalue weighted by molar-refractivity contribution is 7.47. The Kier molecular flexibility index (Phi) is 37.6. The van der Waals surface area contributed by atoms with Crippen LogP contribution in [0.2, 0.25) is 0 Å². The van der Waals surface area contributed by atoms with E-state index >= 15 is 0 Å². The van der Waals surface area contributed by atoms with Crippen molar-refractivity contribution in [2.75, 3.05) is 13.2 Å². The van der Waals surface area contributed by atoms with Crippen molar-refractivity contribution in [1.82, 2.24) is 0 Å². The van der Waals surface area contributed by atoms with Crippen LogP contribution in [0.15, 0.2) is 48.6 Å². The molecule has 0 aromatic rings. The number of phosphoric ester groups is 4. The second kappa shape index (κ2) is 39.6. The Balaban J connectivity index is 2.90. The number of rotatable bonds is 44. The second-order valence-corrected chi connectivity index (χ2v) is 23.0. The minimum absolute atomic E-state index is 0.0241. The first-order chi connectivity index (χ1) is 34.5. The maximum Gasteiger partial charge on any atom is 0.472 e. The molecule has 1 saturated carbocycles. The average Bonchev–Trinajstić information content (AvgIpc) is 3.30. The summed E-state index contributed by atoms with van der Waals surface area (Å²) in [5.74, 6) is -1.46. The van der Waals surface area contributed by atoms with Gasteiger partial charge in [0.15, 0.2) is 6.10 Å². The fraction of sp³-hybridized carbons (Fsp3) is 0.787. The third-order valence-electron chi connectivity index (χ3n) is 11.4. The Bertz CT molecular complexity index is 1770. The Morgan fingerprint density at radius 3 is 1.25 bits per heavy atom. The number of aliphatic hydroxyl groups excluding tert-OH is 2. The largest absolute Gasteiger partial charge is 0.472 e. The minimum atomic E-state index is -5.80. The fourth-order valence-electron chi connectivity index (χ4n) is 7.66. The fourth-order valence-corrected chi connectivity index (χ4v) is 10.3. The first kappa shape index (κ1) is 69.3. The summed E-state index contributed by atoms with van der Waals surface area (Å²) in [5.41, 5.74) is 0. The predicted molar refractivity (Wildman–Crippen MR) is 272 cm³/mol.